The molecular formula is C24H24FN5O2. The predicted molar refractivity (Wildman–Crippen MR) is 115 cm³/mol. The third kappa shape index (κ3) is 4.05. The highest BCUT2D eigenvalue weighted by Crippen LogP contribution is 2.31. The molecule has 0 bridgehead atoms. The van der Waals surface area contributed by atoms with Gasteiger partial charge < -0.3 is 9.47 Å². The summed E-state index contributed by atoms with van der Waals surface area (Å²) in [6.07, 6.45) is 1.68. The number of hydrogen-bond donors (Lipinski definition) is 0. The number of ketones is 1. The van der Waals surface area contributed by atoms with Crippen molar-refractivity contribution in [3.63, 3.8) is 0 Å². The molecule has 2 atom stereocenters. The zero-order chi connectivity index (χ0) is 22.1. The molecule has 1 aromatic heterocycles. The van der Waals surface area contributed by atoms with E-state index < -0.39 is 11.8 Å². The molecular weight excluding hydrogens is 409 g/mol. The van der Waals surface area contributed by atoms with Crippen LogP contribution in [0.25, 0.3) is 0 Å². The average molecular weight is 433 g/mol. The van der Waals surface area contributed by atoms with E-state index >= 15 is 0 Å². The lowest BCUT2D eigenvalue weighted by molar-refractivity contribution is -0.137. The molecule has 0 N–H and O–H groups in total. The number of fused-ring (bicyclic) bond motifs is 1. The number of aromatic nitrogens is 3. The SMILES string of the molecule is O=C(c1ccc(F)cc1)[C@@H]1CN(Cc2ccccc2)C[C@H]1C(=O)N1CCn2cnnc2C1. The third-order valence-electron chi connectivity index (χ3n) is 6.38. The molecule has 0 unspecified atom stereocenters. The van der Waals surface area contributed by atoms with Gasteiger partial charge in [-0.3, -0.25) is 14.5 Å². The fraction of sp³-hybridized carbons (Fsp3) is 0.333. The standard InChI is InChI=1S/C24H24FN5O2/c25-19-8-6-18(7-9-19)23(31)20-13-28(12-17-4-2-1-3-5-17)14-21(20)24(32)29-10-11-30-16-26-27-22(30)15-29/h1-9,16,20-21H,10-15H2/t20-,21-/m1/s1. The van der Waals surface area contributed by atoms with Gasteiger partial charge in [0, 0.05) is 44.2 Å². The zero-order valence-corrected chi connectivity index (χ0v) is 17.6. The van der Waals surface area contributed by atoms with Crippen LogP contribution >= 0.6 is 0 Å². The molecule has 0 saturated carbocycles. The van der Waals surface area contributed by atoms with Gasteiger partial charge in [0.2, 0.25) is 5.91 Å². The van der Waals surface area contributed by atoms with Gasteiger partial charge in [0.05, 0.1) is 12.5 Å². The van der Waals surface area contributed by atoms with E-state index in [9.17, 15) is 14.0 Å². The largest absolute Gasteiger partial charge is 0.333 e. The highest BCUT2D eigenvalue weighted by atomic mass is 19.1. The molecule has 2 aromatic carbocycles. The first-order valence-electron chi connectivity index (χ1n) is 10.8. The Hall–Kier alpha value is -3.39. The van der Waals surface area contributed by atoms with Gasteiger partial charge >= 0.3 is 0 Å². The maximum atomic E-state index is 13.6. The van der Waals surface area contributed by atoms with Gasteiger partial charge in [0.1, 0.15) is 12.1 Å². The van der Waals surface area contributed by atoms with Crippen molar-refractivity contribution in [3.8, 4) is 0 Å². The molecule has 1 amide bonds. The molecule has 2 aliphatic rings. The molecule has 0 aliphatic carbocycles. The first-order chi connectivity index (χ1) is 15.6. The second kappa shape index (κ2) is 8.63. The number of benzene rings is 2. The van der Waals surface area contributed by atoms with Crippen LogP contribution in [-0.4, -0.2) is 55.9 Å². The molecule has 2 aliphatic heterocycles. The molecule has 164 valence electrons. The van der Waals surface area contributed by atoms with Gasteiger partial charge in [-0.05, 0) is 29.8 Å². The zero-order valence-electron chi connectivity index (χ0n) is 17.6. The van der Waals surface area contributed by atoms with Gasteiger partial charge in [-0.25, -0.2) is 4.39 Å². The summed E-state index contributed by atoms with van der Waals surface area (Å²) in [7, 11) is 0. The summed E-state index contributed by atoms with van der Waals surface area (Å²) in [4.78, 5) is 30.9. The van der Waals surface area contributed by atoms with Crippen molar-refractivity contribution in [3.05, 3.63) is 83.7 Å². The molecule has 32 heavy (non-hydrogen) atoms. The lowest BCUT2D eigenvalue weighted by atomic mass is 9.87. The van der Waals surface area contributed by atoms with E-state index in [1.54, 1.807) is 11.2 Å². The summed E-state index contributed by atoms with van der Waals surface area (Å²) in [5.41, 5.74) is 1.58. The minimum atomic E-state index is -0.475. The number of likely N-dealkylation sites (tertiary alicyclic amines) is 1. The Balaban J connectivity index is 1.38. The first-order valence-corrected chi connectivity index (χ1v) is 10.8. The number of carbonyl (C=O) groups is 2. The van der Waals surface area contributed by atoms with Crippen molar-refractivity contribution in [2.45, 2.75) is 19.6 Å². The van der Waals surface area contributed by atoms with Crippen molar-refractivity contribution >= 4 is 11.7 Å². The van der Waals surface area contributed by atoms with Crippen LogP contribution in [0.15, 0.2) is 60.9 Å². The number of Topliss-reactive ketones (excluding diaryl/α,β-unsaturated/α-hetero) is 1. The summed E-state index contributed by atoms with van der Waals surface area (Å²) in [5.74, 6) is -0.703. The third-order valence-corrected chi connectivity index (χ3v) is 6.38. The predicted octanol–water partition coefficient (Wildman–Crippen LogP) is 2.39. The van der Waals surface area contributed by atoms with Crippen molar-refractivity contribution in [1.82, 2.24) is 24.6 Å². The van der Waals surface area contributed by atoms with Gasteiger partial charge in [0.25, 0.3) is 0 Å². The van der Waals surface area contributed by atoms with E-state index in [2.05, 4.69) is 15.1 Å². The fourth-order valence-electron chi connectivity index (χ4n) is 4.69. The second-order valence-electron chi connectivity index (χ2n) is 8.46. The van der Waals surface area contributed by atoms with Crippen LogP contribution in [0.4, 0.5) is 4.39 Å². The first kappa shape index (κ1) is 20.5. The van der Waals surface area contributed by atoms with Crippen LogP contribution in [0, 0.1) is 17.7 Å². The van der Waals surface area contributed by atoms with Crippen LogP contribution in [0.5, 0.6) is 0 Å². The Kier molecular flexibility index (Phi) is 5.53. The molecule has 1 fully saturated rings. The topological polar surface area (TPSA) is 71.3 Å². The smallest absolute Gasteiger partial charge is 0.228 e. The molecule has 8 heteroatoms. The van der Waals surface area contributed by atoms with Gasteiger partial charge in [-0.2, -0.15) is 0 Å². The lowest BCUT2D eigenvalue weighted by Gasteiger charge is -2.30. The van der Waals surface area contributed by atoms with Crippen LogP contribution in [0.1, 0.15) is 21.7 Å². The Morgan fingerprint density at radius 3 is 2.50 bits per heavy atom. The van der Waals surface area contributed by atoms with Crippen LogP contribution < -0.4 is 0 Å². The molecule has 5 rings (SSSR count). The van der Waals surface area contributed by atoms with Gasteiger partial charge in [0.15, 0.2) is 11.6 Å². The normalized spacial score (nSPS) is 20.8. The highest BCUT2D eigenvalue weighted by Gasteiger charge is 2.44. The number of rotatable bonds is 5. The number of halogens is 1. The number of carbonyl (C=O) groups excluding carboxylic acids is 2. The molecule has 3 heterocycles. The number of hydrogen-bond acceptors (Lipinski definition) is 5. The second-order valence-corrected chi connectivity index (χ2v) is 8.46. The van der Waals surface area contributed by atoms with Crippen molar-refractivity contribution in [1.29, 1.82) is 0 Å². The quantitative estimate of drug-likeness (QED) is 0.578. The molecule has 3 aromatic rings. The Morgan fingerprint density at radius 1 is 0.969 bits per heavy atom. The number of nitrogens with zero attached hydrogens (tertiary/aromatic N) is 5. The van der Waals surface area contributed by atoms with E-state index in [0.29, 0.717) is 44.8 Å². The Bertz CT molecular complexity index is 1110. The number of amides is 1. The van der Waals surface area contributed by atoms with Gasteiger partial charge in [-0.15, -0.1) is 10.2 Å². The minimum Gasteiger partial charge on any atom is -0.333 e. The van der Waals surface area contributed by atoms with E-state index in [0.717, 1.165) is 11.4 Å². The van der Waals surface area contributed by atoms with Crippen molar-refractivity contribution in [2.75, 3.05) is 19.6 Å². The van der Waals surface area contributed by atoms with Crippen molar-refractivity contribution in [2.24, 2.45) is 11.8 Å². The summed E-state index contributed by atoms with van der Waals surface area (Å²) in [6, 6.07) is 15.6. The van der Waals surface area contributed by atoms with Gasteiger partial charge in [-0.1, -0.05) is 30.3 Å². The summed E-state index contributed by atoms with van der Waals surface area (Å²) < 4.78 is 15.3. The van der Waals surface area contributed by atoms with Crippen LogP contribution in [-0.2, 0) is 24.4 Å². The van der Waals surface area contributed by atoms with Crippen molar-refractivity contribution < 1.29 is 14.0 Å². The van der Waals surface area contributed by atoms with E-state index in [1.807, 2.05) is 34.9 Å². The molecule has 0 spiro atoms. The van der Waals surface area contributed by atoms with Crippen LogP contribution in [0.3, 0.4) is 0 Å². The average Bonchev–Trinajstić information content (AvgIpc) is 3.46. The Morgan fingerprint density at radius 2 is 1.72 bits per heavy atom. The summed E-state index contributed by atoms with van der Waals surface area (Å²) in [5, 5.41) is 8.03. The molecule has 1 saturated heterocycles. The van der Waals surface area contributed by atoms with E-state index in [4.69, 9.17) is 0 Å². The van der Waals surface area contributed by atoms with Crippen LogP contribution in [0.2, 0.25) is 0 Å². The summed E-state index contributed by atoms with van der Waals surface area (Å²) in [6.45, 7) is 3.28. The molecule has 7 nitrogen and oxygen atoms in total. The Labute approximate surface area is 185 Å². The maximum absolute atomic E-state index is 13.6. The highest BCUT2D eigenvalue weighted by molar-refractivity contribution is 6.01. The molecule has 0 radical (unpaired) electrons. The monoisotopic (exact) mass is 433 g/mol. The van der Waals surface area contributed by atoms with E-state index in [1.165, 1.54) is 24.3 Å². The van der Waals surface area contributed by atoms with E-state index in [-0.39, 0.29) is 17.5 Å². The minimum absolute atomic E-state index is 0.0322. The maximum Gasteiger partial charge on any atom is 0.228 e. The summed E-state index contributed by atoms with van der Waals surface area (Å²) >= 11 is 0. The lowest BCUT2D eigenvalue weighted by Crippen LogP contribution is -2.44. The fourth-order valence-corrected chi connectivity index (χ4v) is 4.69.